The fraction of sp³-hybridized carbons (Fsp3) is 0. The van der Waals surface area contributed by atoms with E-state index in [1.54, 1.807) is 12.1 Å². The molecule has 0 atom stereocenters. The summed E-state index contributed by atoms with van der Waals surface area (Å²) in [4.78, 5) is 21.4. The first kappa shape index (κ1) is 14.7. The van der Waals surface area contributed by atoms with E-state index in [-0.39, 0.29) is 21.6 Å². The van der Waals surface area contributed by atoms with Gasteiger partial charge in [-0.15, -0.1) is 4.85 Å². The van der Waals surface area contributed by atoms with Gasteiger partial charge in [0, 0.05) is 5.02 Å². The molecular weight excluding hydrogens is 330 g/mol. The second-order valence-electron chi connectivity index (χ2n) is 4.49. The van der Waals surface area contributed by atoms with Crippen molar-refractivity contribution in [2.45, 2.75) is 0 Å². The number of nitrogens with zero attached hydrogens (tertiary/aromatic N) is 5. The third-order valence-corrected chi connectivity index (χ3v) is 3.31. The minimum absolute atomic E-state index is 0.237. The van der Waals surface area contributed by atoms with Crippen LogP contribution in [0.5, 0.6) is 0 Å². The highest BCUT2D eigenvalue weighted by atomic mass is 35.5. The summed E-state index contributed by atoms with van der Waals surface area (Å²) in [7, 11) is 0. The summed E-state index contributed by atoms with van der Waals surface area (Å²) in [6, 6.07) is 7.80. The number of nitro groups is 2. The number of non-ortho nitro benzene ring substituents is 2. The summed E-state index contributed by atoms with van der Waals surface area (Å²) < 4.78 is 0. The number of fused-ring (bicyclic) bond motifs is 1. The van der Waals surface area contributed by atoms with E-state index < -0.39 is 21.2 Å². The van der Waals surface area contributed by atoms with E-state index in [0.29, 0.717) is 5.02 Å². The summed E-state index contributed by atoms with van der Waals surface area (Å²) in [5, 5.41) is 38.5. The van der Waals surface area contributed by atoms with Crippen molar-refractivity contribution < 1.29 is 14.7 Å². The monoisotopic (exact) mass is 335 g/mol. The Hall–Kier alpha value is -3.27. The summed E-state index contributed by atoms with van der Waals surface area (Å²) >= 11 is 5.84. The van der Waals surface area contributed by atoms with Crippen molar-refractivity contribution in [2.24, 2.45) is 0 Å². The molecule has 0 saturated heterocycles. The number of benzene rings is 2. The first-order chi connectivity index (χ1) is 10.9. The molecule has 0 spiro atoms. The van der Waals surface area contributed by atoms with Crippen molar-refractivity contribution in [2.75, 3.05) is 0 Å². The van der Waals surface area contributed by atoms with Crippen molar-refractivity contribution in [3.8, 4) is 5.69 Å². The van der Waals surface area contributed by atoms with E-state index in [2.05, 4.69) is 5.10 Å². The minimum Gasteiger partial charge on any atom is -0.692 e. The van der Waals surface area contributed by atoms with Gasteiger partial charge >= 0.3 is 11.2 Å². The van der Waals surface area contributed by atoms with Crippen LogP contribution in [0.4, 0.5) is 11.4 Å². The number of hydrogen-bond donors (Lipinski definition) is 0. The van der Waals surface area contributed by atoms with E-state index in [4.69, 9.17) is 11.6 Å². The van der Waals surface area contributed by atoms with Crippen LogP contribution in [0.15, 0.2) is 36.4 Å². The molecule has 0 aliphatic carbocycles. The molecule has 0 N–H and O–H groups in total. The zero-order valence-corrected chi connectivity index (χ0v) is 11.9. The molecule has 3 aromatic rings. The Morgan fingerprint density at radius 3 is 2.48 bits per heavy atom. The molecule has 0 aliphatic rings. The fourth-order valence-electron chi connectivity index (χ4n) is 2.08. The van der Waals surface area contributed by atoms with Crippen LogP contribution >= 0.6 is 11.6 Å². The summed E-state index contributed by atoms with van der Waals surface area (Å²) in [5.74, 6) is 0. The molecule has 0 unspecified atom stereocenters. The van der Waals surface area contributed by atoms with E-state index in [1.807, 2.05) is 0 Å². The SMILES string of the molecule is O=[N+]([O-])c1cc([N+](=O)[O-])c2nn(-c3cccc(Cl)c3)[n+]([O-])c2c1. The Labute approximate surface area is 132 Å². The summed E-state index contributed by atoms with van der Waals surface area (Å²) in [6.07, 6.45) is 0. The molecule has 10 nitrogen and oxygen atoms in total. The average Bonchev–Trinajstić information content (AvgIpc) is 2.83. The first-order valence-electron chi connectivity index (χ1n) is 6.10. The third-order valence-electron chi connectivity index (χ3n) is 3.07. The lowest BCUT2D eigenvalue weighted by Gasteiger charge is -2.03. The molecule has 23 heavy (non-hydrogen) atoms. The van der Waals surface area contributed by atoms with Crippen LogP contribution in [-0.2, 0) is 0 Å². The van der Waals surface area contributed by atoms with Crippen molar-refractivity contribution in [1.82, 2.24) is 9.90 Å². The lowest BCUT2D eigenvalue weighted by Crippen LogP contribution is -2.37. The zero-order valence-electron chi connectivity index (χ0n) is 11.1. The summed E-state index contributed by atoms with van der Waals surface area (Å²) in [5.41, 5.74) is -1.47. The molecule has 0 radical (unpaired) electrons. The molecular formula is C12H6ClN5O5. The molecule has 1 aromatic heterocycles. The Bertz CT molecular complexity index is 970. The van der Waals surface area contributed by atoms with Crippen molar-refractivity contribution in [3.05, 3.63) is 66.9 Å². The molecule has 116 valence electrons. The Balaban J connectivity index is 2.35. The van der Waals surface area contributed by atoms with E-state index in [1.165, 1.54) is 12.1 Å². The first-order valence-corrected chi connectivity index (χ1v) is 6.47. The Kier molecular flexibility index (Phi) is 3.30. The maximum absolute atomic E-state index is 12.3. The van der Waals surface area contributed by atoms with E-state index in [0.717, 1.165) is 16.9 Å². The smallest absolute Gasteiger partial charge is 0.334 e. The van der Waals surface area contributed by atoms with Crippen molar-refractivity contribution >= 4 is 34.0 Å². The van der Waals surface area contributed by atoms with E-state index in [9.17, 15) is 25.4 Å². The fourth-order valence-corrected chi connectivity index (χ4v) is 2.27. The topological polar surface area (TPSA) is 131 Å². The number of nitro benzene ring substituents is 2. The van der Waals surface area contributed by atoms with Crippen LogP contribution < -0.4 is 4.85 Å². The maximum Gasteiger partial charge on any atom is 0.334 e. The molecule has 0 bridgehead atoms. The van der Waals surface area contributed by atoms with Crippen LogP contribution in [0.25, 0.3) is 16.7 Å². The van der Waals surface area contributed by atoms with Gasteiger partial charge in [-0.05, 0) is 23.0 Å². The normalized spacial score (nSPS) is 10.8. The van der Waals surface area contributed by atoms with Gasteiger partial charge in [0.15, 0.2) is 0 Å². The van der Waals surface area contributed by atoms with Crippen LogP contribution in [-0.4, -0.2) is 19.7 Å². The molecule has 11 heteroatoms. The second-order valence-corrected chi connectivity index (χ2v) is 4.93. The van der Waals surface area contributed by atoms with Gasteiger partial charge in [-0.25, -0.2) is 0 Å². The van der Waals surface area contributed by atoms with Gasteiger partial charge in [-0.1, -0.05) is 17.7 Å². The van der Waals surface area contributed by atoms with Gasteiger partial charge in [0.25, 0.3) is 5.69 Å². The number of aromatic nitrogens is 3. The Morgan fingerprint density at radius 1 is 1.13 bits per heavy atom. The van der Waals surface area contributed by atoms with Crippen molar-refractivity contribution in [1.29, 1.82) is 0 Å². The highest BCUT2D eigenvalue weighted by Gasteiger charge is 2.30. The molecule has 3 rings (SSSR count). The average molecular weight is 336 g/mol. The Morgan fingerprint density at radius 2 is 1.87 bits per heavy atom. The predicted molar refractivity (Wildman–Crippen MR) is 78.3 cm³/mol. The van der Waals surface area contributed by atoms with Gasteiger partial charge < -0.3 is 5.21 Å². The van der Waals surface area contributed by atoms with Crippen LogP contribution in [0.1, 0.15) is 0 Å². The predicted octanol–water partition coefficient (Wildman–Crippen LogP) is 2.13. The lowest BCUT2D eigenvalue weighted by molar-refractivity contribution is -0.664. The summed E-state index contributed by atoms with van der Waals surface area (Å²) in [6.45, 7) is 0. The molecule has 0 amide bonds. The second kappa shape index (κ2) is 5.18. The lowest BCUT2D eigenvalue weighted by atomic mass is 10.2. The number of rotatable bonds is 3. The molecule has 0 saturated carbocycles. The minimum atomic E-state index is -0.829. The number of hydrogen-bond acceptors (Lipinski definition) is 6. The molecule has 0 aliphatic heterocycles. The van der Waals surface area contributed by atoms with Crippen LogP contribution in [0, 0.1) is 25.4 Å². The van der Waals surface area contributed by atoms with Crippen molar-refractivity contribution in [3.63, 3.8) is 0 Å². The zero-order chi connectivity index (χ0) is 16.7. The molecule has 2 aromatic carbocycles. The number of halogens is 1. The quantitative estimate of drug-likeness (QED) is 0.312. The van der Waals surface area contributed by atoms with Crippen LogP contribution in [0.3, 0.4) is 0 Å². The highest BCUT2D eigenvalue weighted by Crippen LogP contribution is 2.28. The van der Waals surface area contributed by atoms with Crippen LogP contribution in [0.2, 0.25) is 5.02 Å². The standard InChI is InChI=1S/C12H6ClN5O5/c13-7-2-1-3-8(4-7)15-14-12-10(16(15)19)5-9(17(20)21)6-11(12)18(22)23/h1-6H. The van der Waals surface area contributed by atoms with Gasteiger partial charge in [0.1, 0.15) is 5.69 Å². The van der Waals surface area contributed by atoms with Gasteiger partial charge in [0.05, 0.1) is 27.1 Å². The molecule has 0 fully saturated rings. The molecule has 1 heterocycles. The van der Waals surface area contributed by atoms with Gasteiger partial charge in [-0.3, -0.25) is 20.2 Å². The maximum atomic E-state index is 12.3. The highest BCUT2D eigenvalue weighted by molar-refractivity contribution is 6.30. The third kappa shape index (κ3) is 2.40. The largest absolute Gasteiger partial charge is 0.692 e. The van der Waals surface area contributed by atoms with E-state index >= 15 is 0 Å². The van der Waals surface area contributed by atoms with Gasteiger partial charge in [-0.2, -0.15) is 0 Å². The van der Waals surface area contributed by atoms with Gasteiger partial charge in [0.2, 0.25) is 5.52 Å².